The molecule has 0 spiro atoms. The zero-order valence-electron chi connectivity index (χ0n) is 11.1. The molecule has 0 saturated heterocycles. The van der Waals surface area contributed by atoms with E-state index in [4.69, 9.17) is 9.47 Å². The first-order valence-corrected chi connectivity index (χ1v) is 9.10. The number of benzene rings is 1. The van der Waals surface area contributed by atoms with Crippen molar-refractivity contribution in [1.82, 2.24) is 0 Å². The molecule has 3 nitrogen and oxygen atoms in total. The zero-order valence-corrected chi connectivity index (χ0v) is 12.1. The summed E-state index contributed by atoms with van der Waals surface area (Å²) in [5.41, 5.74) is 0.652. The van der Waals surface area contributed by atoms with Crippen LogP contribution in [0, 0.1) is 0 Å². The van der Waals surface area contributed by atoms with Crippen LogP contribution in [0.5, 0.6) is 0 Å². The van der Waals surface area contributed by atoms with Gasteiger partial charge in [0.05, 0.1) is 8.07 Å². The standard InChI is InChI=1S/C13H20O3Si/c1-15-13(16-2)12(14)10-7-6-8-11(9-10)17(3,4)5/h6-9,13H,1-5H3. The Hall–Kier alpha value is -0.973. The Bertz CT molecular complexity index is 392. The van der Waals surface area contributed by atoms with Gasteiger partial charge in [-0.25, -0.2) is 0 Å². The minimum atomic E-state index is -1.40. The van der Waals surface area contributed by atoms with Crippen LogP contribution in [0.15, 0.2) is 24.3 Å². The maximum atomic E-state index is 12.1. The average molecular weight is 252 g/mol. The Morgan fingerprint density at radius 2 is 1.76 bits per heavy atom. The quantitative estimate of drug-likeness (QED) is 0.457. The molecule has 1 rings (SSSR count). The molecular weight excluding hydrogens is 232 g/mol. The SMILES string of the molecule is COC(OC)C(=O)c1cccc([Si](C)(C)C)c1. The number of Topliss-reactive ketones (excluding diaryl/α,β-unsaturated/α-hetero) is 1. The summed E-state index contributed by atoms with van der Waals surface area (Å²) in [5, 5.41) is 1.26. The molecule has 0 fully saturated rings. The monoisotopic (exact) mass is 252 g/mol. The predicted molar refractivity (Wildman–Crippen MR) is 71.6 cm³/mol. The van der Waals surface area contributed by atoms with Crippen LogP contribution in [-0.4, -0.2) is 34.4 Å². The first kappa shape index (κ1) is 14.1. The molecule has 1 aromatic carbocycles. The van der Waals surface area contributed by atoms with E-state index in [1.807, 2.05) is 12.1 Å². The third-order valence-corrected chi connectivity index (χ3v) is 4.70. The van der Waals surface area contributed by atoms with Crippen molar-refractivity contribution in [2.75, 3.05) is 14.2 Å². The Morgan fingerprint density at radius 3 is 2.24 bits per heavy atom. The molecule has 0 saturated carbocycles. The van der Waals surface area contributed by atoms with E-state index in [1.54, 1.807) is 6.07 Å². The van der Waals surface area contributed by atoms with Gasteiger partial charge in [-0.1, -0.05) is 49.1 Å². The molecule has 0 radical (unpaired) electrons. The maximum absolute atomic E-state index is 12.1. The molecule has 4 heteroatoms. The summed E-state index contributed by atoms with van der Waals surface area (Å²) in [6, 6.07) is 7.76. The highest BCUT2D eigenvalue weighted by molar-refractivity contribution is 6.88. The molecule has 0 aliphatic carbocycles. The van der Waals surface area contributed by atoms with E-state index in [9.17, 15) is 4.79 Å². The summed E-state index contributed by atoms with van der Waals surface area (Å²) in [6.07, 6.45) is -0.813. The fraction of sp³-hybridized carbons (Fsp3) is 0.462. The van der Waals surface area contributed by atoms with Crippen LogP contribution in [0.1, 0.15) is 10.4 Å². The normalized spacial score (nSPS) is 11.9. The summed E-state index contributed by atoms with van der Waals surface area (Å²) < 4.78 is 9.96. The van der Waals surface area contributed by atoms with Gasteiger partial charge in [-0.3, -0.25) is 4.79 Å². The smallest absolute Gasteiger partial charge is 0.222 e. The molecular formula is C13H20O3Si. The molecule has 0 aromatic heterocycles. The number of hydrogen-bond donors (Lipinski definition) is 0. The summed E-state index contributed by atoms with van der Waals surface area (Å²) >= 11 is 0. The molecule has 0 amide bonds. The lowest BCUT2D eigenvalue weighted by Crippen LogP contribution is -2.38. The van der Waals surface area contributed by atoms with Gasteiger partial charge in [0, 0.05) is 19.8 Å². The van der Waals surface area contributed by atoms with Crippen LogP contribution >= 0.6 is 0 Å². The van der Waals surface area contributed by atoms with Crippen molar-refractivity contribution >= 4 is 19.0 Å². The van der Waals surface area contributed by atoms with E-state index in [2.05, 4.69) is 25.7 Å². The third kappa shape index (κ3) is 3.49. The van der Waals surface area contributed by atoms with Gasteiger partial charge >= 0.3 is 0 Å². The highest BCUT2D eigenvalue weighted by Gasteiger charge is 2.22. The topological polar surface area (TPSA) is 35.5 Å². The van der Waals surface area contributed by atoms with Gasteiger partial charge in [-0.15, -0.1) is 0 Å². The van der Waals surface area contributed by atoms with Crippen LogP contribution in [0.25, 0.3) is 0 Å². The van der Waals surface area contributed by atoms with Crippen molar-refractivity contribution in [2.45, 2.75) is 25.9 Å². The van der Waals surface area contributed by atoms with Crippen LogP contribution in [-0.2, 0) is 9.47 Å². The van der Waals surface area contributed by atoms with Crippen molar-refractivity contribution in [3.8, 4) is 0 Å². The van der Waals surface area contributed by atoms with Gasteiger partial charge in [0.15, 0.2) is 0 Å². The van der Waals surface area contributed by atoms with E-state index in [0.29, 0.717) is 5.56 Å². The van der Waals surface area contributed by atoms with Crippen molar-refractivity contribution in [2.24, 2.45) is 0 Å². The van der Waals surface area contributed by atoms with E-state index in [0.717, 1.165) is 0 Å². The number of carbonyl (C=O) groups is 1. The number of ketones is 1. The molecule has 0 atom stereocenters. The lowest BCUT2D eigenvalue weighted by atomic mass is 10.1. The van der Waals surface area contributed by atoms with E-state index < -0.39 is 14.4 Å². The average Bonchev–Trinajstić information content (AvgIpc) is 2.29. The Labute approximate surface area is 104 Å². The van der Waals surface area contributed by atoms with Crippen molar-refractivity contribution < 1.29 is 14.3 Å². The third-order valence-electron chi connectivity index (χ3n) is 2.66. The Balaban J connectivity index is 3.04. The van der Waals surface area contributed by atoms with Gasteiger partial charge < -0.3 is 9.47 Å². The first-order valence-electron chi connectivity index (χ1n) is 5.60. The zero-order chi connectivity index (χ0) is 13.1. The number of methoxy groups -OCH3 is 2. The van der Waals surface area contributed by atoms with E-state index in [-0.39, 0.29) is 5.78 Å². The molecule has 17 heavy (non-hydrogen) atoms. The molecule has 0 aliphatic rings. The number of rotatable bonds is 5. The van der Waals surface area contributed by atoms with Gasteiger partial charge in [0.2, 0.25) is 12.1 Å². The molecule has 1 aromatic rings. The molecule has 0 unspecified atom stereocenters. The first-order chi connectivity index (χ1) is 7.90. The highest BCUT2D eigenvalue weighted by atomic mass is 28.3. The summed E-state index contributed by atoms with van der Waals surface area (Å²) in [4.78, 5) is 12.1. The summed E-state index contributed by atoms with van der Waals surface area (Å²) in [6.45, 7) is 6.75. The van der Waals surface area contributed by atoms with Crippen LogP contribution < -0.4 is 5.19 Å². The summed E-state index contributed by atoms with van der Waals surface area (Å²) in [7, 11) is 1.53. The Morgan fingerprint density at radius 1 is 1.18 bits per heavy atom. The van der Waals surface area contributed by atoms with Crippen LogP contribution in [0.3, 0.4) is 0 Å². The van der Waals surface area contributed by atoms with Gasteiger partial charge in [0.1, 0.15) is 0 Å². The van der Waals surface area contributed by atoms with E-state index >= 15 is 0 Å². The molecule has 0 N–H and O–H groups in total. The maximum Gasteiger partial charge on any atom is 0.222 e. The van der Waals surface area contributed by atoms with Crippen molar-refractivity contribution in [3.63, 3.8) is 0 Å². The van der Waals surface area contributed by atoms with Crippen LogP contribution in [0.4, 0.5) is 0 Å². The van der Waals surface area contributed by atoms with Crippen LogP contribution in [0.2, 0.25) is 19.6 Å². The molecule has 0 bridgehead atoms. The van der Waals surface area contributed by atoms with Gasteiger partial charge in [-0.05, 0) is 0 Å². The lowest BCUT2D eigenvalue weighted by molar-refractivity contribution is -0.0742. The number of hydrogen-bond acceptors (Lipinski definition) is 3. The Kier molecular flexibility index (Phi) is 4.62. The predicted octanol–water partition coefficient (Wildman–Crippen LogP) is 2.03. The molecule has 94 valence electrons. The van der Waals surface area contributed by atoms with Crippen molar-refractivity contribution in [1.29, 1.82) is 0 Å². The second-order valence-corrected chi connectivity index (χ2v) is 10.1. The number of ether oxygens (including phenoxy) is 2. The van der Waals surface area contributed by atoms with Gasteiger partial charge in [0.25, 0.3) is 0 Å². The minimum Gasteiger partial charge on any atom is -0.349 e. The lowest BCUT2D eigenvalue weighted by Gasteiger charge is -2.18. The van der Waals surface area contributed by atoms with Crippen molar-refractivity contribution in [3.05, 3.63) is 29.8 Å². The minimum absolute atomic E-state index is 0.130. The second-order valence-electron chi connectivity index (χ2n) is 5.00. The summed E-state index contributed by atoms with van der Waals surface area (Å²) in [5.74, 6) is -0.130. The second kappa shape index (κ2) is 5.58. The largest absolute Gasteiger partial charge is 0.349 e. The fourth-order valence-corrected chi connectivity index (χ4v) is 2.77. The number of carbonyl (C=O) groups excluding carboxylic acids is 1. The highest BCUT2D eigenvalue weighted by Crippen LogP contribution is 2.09. The molecule has 0 heterocycles. The fourth-order valence-electron chi connectivity index (χ4n) is 1.59. The molecule has 0 aliphatic heterocycles. The van der Waals surface area contributed by atoms with Gasteiger partial charge in [-0.2, -0.15) is 0 Å². The van der Waals surface area contributed by atoms with E-state index in [1.165, 1.54) is 19.4 Å².